The Morgan fingerprint density at radius 1 is 1.28 bits per heavy atom. The molecule has 0 unspecified atom stereocenters. The van der Waals surface area contributed by atoms with Crippen molar-refractivity contribution >= 4 is 17.2 Å². The van der Waals surface area contributed by atoms with Crippen LogP contribution in [-0.4, -0.2) is 22.5 Å². The lowest BCUT2D eigenvalue weighted by molar-refractivity contribution is 0.189. The largest absolute Gasteiger partial charge is 0.389 e. The third kappa shape index (κ3) is 4.75. The molecule has 0 aliphatic heterocycles. The zero-order valence-corrected chi connectivity index (χ0v) is 12.6. The molecular weight excluding hydrogens is 240 g/mol. The number of hydrogen-bond acceptors (Lipinski definition) is 2. The summed E-state index contributed by atoms with van der Waals surface area (Å²) in [6.07, 6.45) is 0. The monoisotopic (exact) mass is 264 g/mol. The maximum Gasteiger partial charge on any atom is 0.103 e. The van der Waals surface area contributed by atoms with Gasteiger partial charge in [0.1, 0.15) is 4.99 Å². The molecule has 0 heterocycles. The van der Waals surface area contributed by atoms with Crippen LogP contribution in [0.5, 0.6) is 0 Å². The predicted molar refractivity (Wildman–Crippen MR) is 82.7 cm³/mol. The van der Waals surface area contributed by atoms with Crippen molar-refractivity contribution in [3.63, 3.8) is 0 Å². The summed E-state index contributed by atoms with van der Waals surface area (Å²) >= 11 is 5.02. The van der Waals surface area contributed by atoms with Gasteiger partial charge in [0.15, 0.2) is 0 Å². The van der Waals surface area contributed by atoms with Gasteiger partial charge in [0.2, 0.25) is 0 Å². The molecule has 0 saturated carbocycles. The number of rotatable bonds is 6. The van der Waals surface area contributed by atoms with E-state index in [1.165, 1.54) is 5.56 Å². The maximum atomic E-state index is 5.67. The molecule has 100 valence electrons. The lowest BCUT2D eigenvalue weighted by Crippen LogP contribution is -2.33. The van der Waals surface area contributed by atoms with E-state index < -0.39 is 0 Å². The summed E-state index contributed by atoms with van der Waals surface area (Å²) in [5, 5.41) is 0. The Morgan fingerprint density at radius 3 is 2.44 bits per heavy atom. The molecule has 0 saturated heterocycles. The summed E-state index contributed by atoms with van der Waals surface area (Å²) in [6.45, 7) is 11.0. The molecule has 0 aromatic heterocycles. The molecule has 0 atom stereocenters. The van der Waals surface area contributed by atoms with Gasteiger partial charge >= 0.3 is 0 Å². The fraction of sp³-hybridized carbons (Fsp3) is 0.533. The van der Waals surface area contributed by atoms with E-state index in [1.54, 1.807) is 0 Å². The van der Waals surface area contributed by atoms with E-state index >= 15 is 0 Å². The average Bonchev–Trinajstić information content (AvgIpc) is 2.27. The highest BCUT2D eigenvalue weighted by molar-refractivity contribution is 7.80. The Balaban J connectivity index is 2.80. The van der Waals surface area contributed by atoms with Crippen LogP contribution in [0.4, 0.5) is 0 Å². The van der Waals surface area contributed by atoms with Crippen LogP contribution < -0.4 is 5.73 Å². The Hall–Kier alpha value is -0.930. The summed E-state index contributed by atoms with van der Waals surface area (Å²) < 4.78 is 0. The number of thiocarbonyl (C=S) groups is 1. The molecule has 0 radical (unpaired) electrons. The second kappa shape index (κ2) is 6.86. The molecule has 0 aliphatic carbocycles. The quantitative estimate of drug-likeness (QED) is 0.800. The highest BCUT2D eigenvalue weighted by Gasteiger charge is 2.12. The van der Waals surface area contributed by atoms with Crippen molar-refractivity contribution in [1.29, 1.82) is 0 Å². The van der Waals surface area contributed by atoms with Gasteiger partial charge in [-0.1, -0.05) is 44.3 Å². The van der Waals surface area contributed by atoms with Crippen LogP contribution in [-0.2, 0) is 6.54 Å². The normalized spacial score (nSPS) is 11.5. The topological polar surface area (TPSA) is 29.3 Å². The van der Waals surface area contributed by atoms with Gasteiger partial charge in [-0.05, 0) is 31.4 Å². The van der Waals surface area contributed by atoms with Crippen molar-refractivity contribution in [2.45, 2.75) is 40.3 Å². The minimum absolute atomic E-state index is 0.469. The second-order valence-corrected chi connectivity index (χ2v) is 5.92. The van der Waals surface area contributed by atoms with E-state index in [0.717, 1.165) is 18.7 Å². The van der Waals surface area contributed by atoms with Crippen molar-refractivity contribution in [2.75, 3.05) is 6.54 Å². The van der Waals surface area contributed by atoms with Crippen LogP contribution in [0.3, 0.4) is 0 Å². The minimum atomic E-state index is 0.469. The Bertz CT molecular complexity index is 399. The fourth-order valence-electron chi connectivity index (χ4n) is 1.98. The van der Waals surface area contributed by atoms with Gasteiger partial charge < -0.3 is 5.73 Å². The molecule has 1 aromatic carbocycles. The number of nitrogens with two attached hydrogens (primary N) is 1. The third-order valence-corrected chi connectivity index (χ3v) is 3.16. The highest BCUT2D eigenvalue weighted by atomic mass is 32.1. The van der Waals surface area contributed by atoms with Crippen LogP contribution in [0.1, 0.15) is 38.8 Å². The molecule has 2 N–H and O–H groups in total. The number of benzene rings is 1. The minimum Gasteiger partial charge on any atom is -0.389 e. The summed E-state index contributed by atoms with van der Waals surface area (Å²) in [7, 11) is 0. The van der Waals surface area contributed by atoms with Gasteiger partial charge in [0.25, 0.3) is 0 Å². The first-order chi connectivity index (χ1) is 8.40. The van der Waals surface area contributed by atoms with Gasteiger partial charge in [-0.15, -0.1) is 0 Å². The first-order valence-electron chi connectivity index (χ1n) is 6.53. The molecule has 1 aromatic rings. The Morgan fingerprint density at radius 2 is 1.94 bits per heavy atom. The molecule has 2 nitrogen and oxygen atoms in total. The Kier molecular flexibility index (Phi) is 5.76. The average molecular weight is 264 g/mol. The van der Waals surface area contributed by atoms with E-state index in [1.807, 2.05) is 12.1 Å². The number of nitrogens with zero attached hydrogens (tertiary/aromatic N) is 1. The van der Waals surface area contributed by atoms with Crippen LogP contribution in [0, 0.1) is 5.92 Å². The third-order valence-electron chi connectivity index (χ3n) is 2.93. The van der Waals surface area contributed by atoms with E-state index in [9.17, 15) is 0 Å². The van der Waals surface area contributed by atoms with Crippen molar-refractivity contribution in [2.24, 2.45) is 11.7 Å². The number of hydrogen-bond donors (Lipinski definition) is 1. The molecule has 0 amide bonds. The van der Waals surface area contributed by atoms with Crippen molar-refractivity contribution in [3.8, 4) is 0 Å². The van der Waals surface area contributed by atoms with Gasteiger partial charge in [-0.25, -0.2) is 0 Å². The van der Waals surface area contributed by atoms with Crippen LogP contribution in [0.25, 0.3) is 0 Å². The summed E-state index contributed by atoms with van der Waals surface area (Å²) in [4.78, 5) is 2.94. The maximum absolute atomic E-state index is 5.67. The molecule has 3 heteroatoms. The van der Waals surface area contributed by atoms with Gasteiger partial charge in [-0.3, -0.25) is 4.90 Å². The van der Waals surface area contributed by atoms with Gasteiger partial charge in [-0.2, -0.15) is 0 Å². The van der Waals surface area contributed by atoms with Crippen molar-refractivity contribution in [1.82, 2.24) is 4.90 Å². The zero-order chi connectivity index (χ0) is 13.7. The van der Waals surface area contributed by atoms with Gasteiger partial charge in [0.05, 0.1) is 0 Å². The van der Waals surface area contributed by atoms with E-state index in [4.69, 9.17) is 18.0 Å². The molecule has 0 fully saturated rings. The second-order valence-electron chi connectivity index (χ2n) is 5.48. The van der Waals surface area contributed by atoms with Crippen LogP contribution in [0.2, 0.25) is 0 Å². The molecule has 0 aliphatic rings. The van der Waals surface area contributed by atoms with Crippen molar-refractivity contribution < 1.29 is 0 Å². The Labute approximate surface area is 116 Å². The predicted octanol–water partition coefficient (Wildman–Crippen LogP) is 3.19. The first kappa shape index (κ1) is 15.1. The van der Waals surface area contributed by atoms with Crippen LogP contribution in [0.15, 0.2) is 24.3 Å². The zero-order valence-electron chi connectivity index (χ0n) is 11.8. The smallest absolute Gasteiger partial charge is 0.103 e. The molecule has 0 bridgehead atoms. The SMILES string of the molecule is CC(C)CN(Cc1cccc(C(N)=S)c1)C(C)C. The fourth-order valence-corrected chi connectivity index (χ4v) is 2.11. The van der Waals surface area contributed by atoms with E-state index in [-0.39, 0.29) is 0 Å². The highest BCUT2D eigenvalue weighted by Crippen LogP contribution is 2.12. The van der Waals surface area contributed by atoms with Crippen LogP contribution >= 0.6 is 12.2 Å². The van der Waals surface area contributed by atoms with E-state index in [0.29, 0.717) is 16.9 Å². The summed E-state index contributed by atoms with van der Waals surface area (Å²) in [5.41, 5.74) is 7.90. The first-order valence-corrected chi connectivity index (χ1v) is 6.93. The standard InChI is InChI=1S/C15H24N2S/c1-11(2)9-17(12(3)4)10-13-6-5-7-14(8-13)15(16)18/h5-8,11-12H,9-10H2,1-4H3,(H2,16,18). The lowest BCUT2D eigenvalue weighted by Gasteiger charge is -2.28. The van der Waals surface area contributed by atoms with Gasteiger partial charge in [0, 0.05) is 24.7 Å². The molecule has 0 spiro atoms. The lowest BCUT2D eigenvalue weighted by atomic mass is 10.1. The summed E-state index contributed by atoms with van der Waals surface area (Å²) in [5.74, 6) is 0.672. The molecular formula is C15H24N2S. The molecule has 18 heavy (non-hydrogen) atoms. The van der Waals surface area contributed by atoms with E-state index in [2.05, 4.69) is 44.7 Å². The molecule has 1 rings (SSSR count). The van der Waals surface area contributed by atoms with Crippen molar-refractivity contribution in [3.05, 3.63) is 35.4 Å². The summed E-state index contributed by atoms with van der Waals surface area (Å²) in [6, 6.07) is 8.77.